The first kappa shape index (κ1) is 15.7. The van der Waals surface area contributed by atoms with Crippen molar-refractivity contribution in [2.45, 2.75) is 51.6 Å². The van der Waals surface area contributed by atoms with Gasteiger partial charge < -0.3 is 9.84 Å². The first-order valence-electron chi connectivity index (χ1n) is 7.38. The minimum atomic E-state index is -0.252. The average Bonchev–Trinajstić information content (AvgIpc) is 2.38. The Balaban J connectivity index is 2.36. The van der Waals surface area contributed by atoms with Gasteiger partial charge in [0, 0.05) is 10.6 Å². The van der Waals surface area contributed by atoms with E-state index >= 15 is 0 Å². The minimum Gasteiger partial charge on any atom is -0.496 e. The van der Waals surface area contributed by atoms with E-state index in [4.69, 9.17) is 16.3 Å². The molecule has 1 aromatic rings. The lowest BCUT2D eigenvalue weighted by Gasteiger charge is -2.42. The van der Waals surface area contributed by atoms with Crippen LogP contribution in [0.1, 0.15) is 45.6 Å². The van der Waals surface area contributed by atoms with Gasteiger partial charge in [-0.1, -0.05) is 38.8 Å². The zero-order valence-corrected chi connectivity index (χ0v) is 13.6. The van der Waals surface area contributed by atoms with E-state index in [-0.39, 0.29) is 17.4 Å². The molecule has 2 nitrogen and oxygen atoms in total. The van der Waals surface area contributed by atoms with E-state index in [0.717, 1.165) is 24.2 Å². The first-order valence-corrected chi connectivity index (χ1v) is 7.76. The largest absolute Gasteiger partial charge is 0.496 e. The van der Waals surface area contributed by atoms with E-state index in [1.54, 1.807) is 7.11 Å². The predicted molar refractivity (Wildman–Crippen MR) is 83.5 cm³/mol. The zero-order valence-electron chi connectivity index (χ0n) is 12.8. The van der Waals surface area contributed by atoms with E-state index in [1.165, 1.54) is 6.42 Å². The Morgan fingerprint density at radius 2 is 2.00 bits per heavy atom. The Bertz CT molecular complexity index is 470. The number of ether oxygens (including phenoxy) is 1. The molecular weight excluding hydrogens is 272 g/mol. The molecule has 3 heteroatoms. The molecule has 20 heavy (non-hydrogen) atoms. The van der Waals surface area contributed by atoms with Crippen LogP contribution in [0.4, 0.5) is 0 Å². The molecule has 0 saturated heterocycles. The van der Waals surface area contributed by atoms with Crippen molar-refractivity contribution in [1.82, 2.24) is 0 Å². The quantitative estimate of drug-likeness (QED) is 0.894. The second kappa shape index (κ2) is 5.95. The van der Waals surface area contributed by atoms with Gasteiger partial charge in [0.2, 0.25) is 0 Å². The number of halogens is 1. The Morgan fingerprint density at radius 3 is 2.60 bits per heavy atom. The van der Waals surface area contributed by atoms with Crippen LogP contribution in [-0.4, -0.2) is 18.3 Å². The van der Waals surface area contributed by atoms with Gasteiger partial charge in [-0.05, 0) is 48.3 Å². The van der Waals surface area contributed by atoms with Crippen molar-refractivity contribution in [3.8, 4) is 5.75 Å². The molecule has 3 unspecified atom stereocenters. The van der Waals surface area contributed by atoms with E-state index in [1.807, 2.05) is 18.2 Å². The maximum atomic E-state index is 10.5. The summed E-state index contributed by atoms with van der Waals surface area (Å²) in [6.45, 7) is 6.59. The average molecular weight is 297 g/mol. The fraction of sp³-hybridized carbons (Fsp3) is 0.647. The molecule has 1 saturated carbocycles. The van der Waals surface area contributed by atoms with Crippen LogP contribution >= 0.6 is 11.6 Å². The normalized spacial score (nSPS) is 27.4. The highest BCUT2D eigenvalue weighted by Crippen LogP contribution is 2.45. The lowest BCUT2D eigenvalue weighted by atomic mass is 9.64. The maximum Gasteiger partial charge on any atom is 0.122 e. The van der Waals surface area contributed by atoms with Gasteiger partial charge in [0.15, 0.2) is 0 Å². The summed E-state index contributed by atoms with van der Waals surface area (Å²) in [5.74, 6) is 1.70. The van der Waals surface area contributed by atoms with Crippen LogP contribution in [0.15, 0.2) is 18.2 Å². The molecule has 1 aliphatic rings. The summed E-state index contributed by atoms with van der Waals surface area (Å²) in [4.78, 5) is 0. The third-order valence-corrected chi connectivity index (χ3v) is 5.10. The van der Waals surface area contributed by atoms with Crippen molar-refractivity contribution >= 4 is 11.6 Å². The molecule has 0 amide bonds. The number of hydrogen-bond acceptors (Lipinski definition) is 2. The Hall–Kier alpha value is -0.730. The maximum absolute atomic E-state index is 10.5. The molecule has 1 aromatic carbocycles. The standard InChI is InChI=1S/C17H25ClO2/c1-11-5-7-13(15(19)9-11)17(2,3)14-10-12(18)6-8-16(14)20-4/h6,8,10-11,13,15,19H,5,7,9H2,1-4H3. The van der Waals surface area contributed by atoms with E-state index < -0.39 is 0 Å². The highest BCUT2D eigenvalue weighted by atomic mass is 35.5. The van der Waals surface area contributed by atoms with Gasteiger partial charge in [-0.15, -0.1) is 0 Å². The molecular formula is C17H25ClO2. The lowest BCUT2D eigenvalue weighted by molar-refractivity contribution is 0.0138. The molecule has 1 fully saturated rings. The van der Waals surface area contributed by atoms with Crippen LogP contribution in [0.3, 0.4) is 0 Å². The van der Waals surface area contributed by atoms with Crippen LogP contribution < -0.4 is 4.74 Å². The van der Waals surface area contributed by atoms with Crippen LogP contribution in [0.2, 0.25) is 5.02 Å². The van der Waals surface area contributed by atoms with Crippen molar-refractivity contribution in [3.63, 3.8) is 0 Å². The zero-order chi connectivity index (χ0) is 14.9. The highest BCUT2D eigenvalue weighted by Gasteiger charge is 2.40. The fourth-order valence-corrected chi connectivity index (χ4v) is 3.75. The smallest absolute Gasteiger partial charge is 0.122 e. The SMILES string of the molecule is COc1ccc(Cl)cc1C(C)(C)C1CCC(C)CC1O. The summed E-state index contributed by atoms with van der Waals surface area (Å²) in [7, 11) is 1.68. The second-order valence-corrected chi connectivity index (χ2v) is 7.09. The molecule has 0 aromatic heterocycles. The van der Waals surface area contributed by atoms with Crippen molar-refractivity contribution in [2.24, 2.45) is 11.8 Å². The number of methoxy groups -OCH3 is 1. The number of rotatable bonds is 3. The van der Waals surface area contributed by atoms with Gasteiger partial charge in [-0.2, -0.15) is 0 Å². The molecule has 0 spiro atoms. The predicted octanol–water partition coefficient (Wildman–Crippen LogP) is 4.42. The number of benzene rings is 1. The molecule has 0 radical (unpaired) electrons. The summed E-state index contributed by atoms with van der Waals surface area (Å²) in [5.41, 5.74) is 0.932. The molecule has 1 aliphatic carbocycles. The Kier molecular flexibility index (Phi) is 4.66. The van der Waals surface area contributed by atoms with Crippen LogP contribution in [0.25, 0.3) is 0 Å². The van der Waals surface area contributed by atoms with Crippen molar-refractivity contribution in [3.05, 3.63) is 28.8 Å². The van der Waals surface area contributed by atoms with Gasteiger partial charge in [0.1, 0.15) is 5.75 Å². The summed E-state index contributed by atoms with van der Waals surface area (Å²) in [6.07, 6.45) is 2.85. The van der Waals surface area contributed by atoms with Crippen molar-refractivity contribution in [2.75, 3.05) is 7.11 Å². The monoisotopic (exact) mass is 296 g/mol. The molecule has 2 rings (SSSR count). The Labute approximate surface area is 127 Å². The van der Waals surface area contributed by atoms with Crippen molar-refractivity contribution in [1.29, 1.82) is 0 Å². The fourth-order valence-electron chi connectivity index (χ4n) is 3.58. The van der Waals surface area contributed by atoms with Crippen molar-refractivity contribution < 1.29 is 9.84 Å². The van der Waals surface area contributed by atoms with Gasteiger partial charge in [0.25, 0.3) is 0 Å². The first-order chi connectivity index (χ1) is 9.36. The molecule has 0 bridgehead atoms. The Morgan fingerprint density at radius 1 is 1.30 bits per heavy atom. The molecule has 1 N–H and O–H groups in total. The number of aliphatic hydroxyl groups is 1. The van der Waals surface area contributed by atoms with Crippen LogP contribution in [-0.2, 0) is 5.41 Å². The summed E-state index contributed by atoms with van der Waals surface area (Å²) >= 11 is 6.16. The summed E-state index contributed by atoms with van der Waals surface area (Å²) in [6, 6.07) is 5.74. The van der Waals surface area contributed by atoms with Gasteiger partial charge in [0.05, 0.1) is 13.2 Å². The van der Waals surface area contributed by atoms with Crippen LogP contribution in [0.5, 0.6) is 5.75 Å². The van der Waals surface area contributed by atoms with Crippen LogP contribution in [0, 0.1) is 11.8 Å². The third-order valence-electron chi connectivity index (χ3n) is 4.86. The second-order valence-electron chi connectivity index (χ2n) is 6.66. The van der Waals surface area contributed by atoms with Gasteiger partial charge >= 0.3 is 0 Å². The molecule has 112 valence electrons. The number of hydrogen-bond donors (Lipinski definition) is 1. The topological polar surface area (TPSA) is 29.5 Å². The molecule has 0 aliphatic heterocycles. The summed E-state index contributed by atoms with van der Waals surface area (Å²) in [5, 5.41) is 11.2. The van der Waals surface area contributed by atoms with Gasteiger partial charge in [-0.25, -0.2) is 0 Å². The van der Waals surface area contributed by atoms with E-state index in [2.05, 4.69) is 20.8 Å². The van der Waals surface area contributed by atoms with E-state index in [9.17, 15) is 5.11 Å². The molecule has 0 heterocycles. The summed E-state index contributed by atoms with van der Waals surface area (Å²) < 4.78 is 5.49. The molecule has 3 atom stereocenters. The highest BCUT2D eigenvalue weighted by molar-refractivity contribution is 6.30. The number of aliphatic hydroxyl groups excluding tert-OH is 1. The third kappa shape index (κ3) is 2.96. The lowest BCUT2D eigenvalue weighted by Crippen LogP contribution is -2.41. The minimum absolute atomic E-state index is 0.157. The van der Waals surface area contributed by atoms with Gasteiger partial charge in [-0.3, -0.25) is 0 Å². The van der Waals surface area contributed by atoms with E-state index in [0.29, 0.717) is 10.9 Å².